The molecule has 0 bridgehead atoms. The smallest absolute Gasteiger partial charge is 0.339 e. The maximum absolute atomic E-state index is 10.6. The first-order valence-electron chi connectivity index (χ1n) is 2.96. The van der Waals surface area contributed by atoms with Gasteiger partial charge in [0.25, 0.3) is 0 Å². The molecule has 0 radical (unpaired) electrons. The average Bonchev–Trinajstić information content (AvgIpc) is 1.96. The van der Waals surface area contributed by atoms with E-state index in [1.54, 1.807) is 0 Å². The number of rotatable bonds is 1. The third-order valence-corrected chi connectivity index (χ3v) is 1.29. The molecule has 0 aromatic rings. The highest BCUT2D eigenvalue weighted by Gasteiger charge is 2.23. The molecule has 0 amide bonds. The van der Waals surface area contributed by atoms with Gasteiger partial charge in [-0.15, -0.1) is 0 Å². The third-order valence-electron chi connectivity index (χ3n) is 1.29. The molecule has 0 unspecified atom stereocenters. The van der Waals surface area contributed by atoms with Crippen molar-refractivity contribution >= 4 is 17.5 Å². The highest BCUT2D eigenvalue weighted by atomic mass is 16.4. The van der Waals surface area contributed by atoms with E-state index in [0.29, 0.717) is 12.2 Å². The summed E-state index contributed by atoms with van der Waals surface area (Å²) in [6.45, 7) is 0. The Bertz CT molecular complexity index is 334. The first kappa shape index (κ1) is 8.19. The van der Waals surface area contributed by atoms with Crippen molar-refractivity contribution in [2.75, 3.05) is 0 Å². The molecule has 5 nitrogen and oxygen atoms in total. The standard InChI is InChI=1S/C7H4O5/c8-4-2-6(10)5(9)1-3(4)7(11)12/h1-2,8H,(H,11,12). The number of aliphatic hydroxyl groups is 1. The van der Waals surface area contributed by atoms with Crippen LogP contribution in [-0.4, -0.2) is 27.7 Å². The van der Waals surface area contributed by atoms with Gasteiger partial charge in [-0.25, -0.2) is 4.79 Å². The van der Waals surface area contributed by atoms with Crippen LogP contribution >= 0.6 is 0 Å². The molecule has 0 fully saturated rings. The van der Waals surface area contributed by atoms with Gasteiger partial charge in [-0.3, -0.25) is 9.59 Å². The fourth-order valence-electron chi connectivity index (χ4n) is 0.721. The van der Waals surface area contributed by atoms with Crippen LogP contribution in [0.1, 0.15) is 0 Å². The van der Waals surface area contributed by atoms with Gasteiger partial charge in [0.15, 0.2) is 0 Å². The Morgan fingerprint density at radius 3 is 2.17 bits per heavy atom. The van der Waals surface area contributed by atoms with Gasteiger partial charge in [0, 0.05) is 12.2 Å². The minimum absolute atomic E-state index is 0.556. The molecule has 1 aliphatic carbocycles. The Labute approximate surface area is 66.6 Å². The lowest BCUT2D eigenvalue weighted by molar-refractivity contribution is -0.134. The van der Waals surface area contributed by atoms with Gasteiger partial charge in [-0.2, -0.15) is 0 Å². The predicted molar refractivity (Wildman–Crippen MR) is 36.4 cm³/mol. The number of ketones is 2. The summed E-state index contributed by atoms with van der Waals surface area (Å²) < 4.78 is 0. The Morgan fingerprint density at radius 1 is 1.17 bits per heavy atom. The van der Waals surface area contributed by atoms with Gasteiger partial charge in [0.2, 0.25) is 11.6 Å². The van der Waals surface area contributed by atoms with Crippen molar-refractivity contribution < 1.29 is 24.6 Å². The Kier molecular flexibility index (Phi) is 1.78. The van der Waals surface area contributed by atoms with Crippen molar-refractivity contribution in [3.05, 3.63) is 23.5 Å². The van der Waals surface area contributed by atoms with Crippen LogP contribution in [0.2, 0.25) is 0 Å². The lowest BCUT2D eigenvalue weighted by Gasteiger charge is -2.03. The van der Waals surface area contributed by atoms with E-state index in [0.717, 1.165) is 0 Å². The summed E-state index contributed by atoms with van der Waals surface area (Å²) >= 11 is 0. The molecule has 0 atom stereocenters. The molecule has 0 aromatic carbocycles. The second kappa shape index (κ2) is 2.61. The van der Waals surface area contributed by atoms with Crippen molar-refractivity contribution in [1.29, 1.82) is 0 Å². The number of hydrogen-bond donors (Lipinski definition) is 2. The molecule has 1 rings (SSSR count). The normalized spacial score (nSPS) is 17.0. The number of allylic oxidation sites excluding steroid dienone is 2. The van der Waals surface area contributed by atoms with E-state index in [-0.39, 0.29) is 0 Å². The van der Waals surface area contributed by atoms with Crippen LogP contribution in [0, 0.1) is 0 Å². The fourth-order valence-corrected chi connectivity index (χ4v) is 0.721. The van der Waals surface area contributed by atoms with Gasteiger partial charge in [0.05, 0.1) is 0 Å². The molecule has 62 valence electrons. The van der Waals surface area contributed by atoms with E-state index in [1.807, 2.05) is 0 Å². The zero-order chi connectivity index (χ0) is 9.30. The van der Waals surface area contributed by atoms with Crippen molar-refractivity contribution in [3.8, 4) is 0 Å². The first-order chi connectivity index (χ1) is 5.52. The zero-order valence-corrected chi connectivity index (χ0v) is 5.77. The van der Waals surface area contributed by atoms with Crippen LogP contribution in [0.5, 0.6) is 0 Å². The molecule has 0 aliphatic heterocycles. The SMILES string of the molecule is O=C(O)C1=CC(=O)C(=O)C=C1O. The van der Waals surface area contributed by atoms with Gasteiger partial charge in [-0.1, -0.05) is 0 Å². The summed E-state index contributed by atoms with van der Waals surface area (Å²) in [5.41, 5.74) is -0.556. The molecule has 0 heterocycles. The monoisotopic (exact) mass is 168 g/mol. The first-order valence-corrected chi connectivity index (χ1v) is 2.96. The average molecular weight is 168 g/mol. The Hall–Kier alpha value is -1.91. The van der Waals surface area contributed by atoms with E-state index >= 15 is 0 Å². The molecule has 5 heteroatoms. The summed E-state index contributed by atoms with van der Waals surface area (Å²) in [6.07, 6.45) is 1.19. The molecular formula is C7H4O5. The Morgan fingerprint density at radius 2 is 1.67 bits per heavy atom. The summed E-state index contributed by atoms with van der Waals surface area (Å²) in [4.78, 5) is 31.4. The van der Waals surface area contributed by atoms with E-state index in [4.69, 9.17) is 10.2 Å². The van der Waals surface area contributed by atoms with E-state index in [9.17, 15) is 14.4 Å². The van der Waals surface area contributed by atoms with Crippen LogP contribution in [0.3, 0.4) is 0 Å². The van der Waals surface area contributed by atoms with Crippen molar-refractivity contribution in [2.24, 2.45) is 0 Å². The second-order valence-electron chi connectivity index (χ2n) is 2.12. The largest absolute Gasteiger partial charge is 0.507 e. The molecule has 2 N–H and O–H groups in total. The molecular weight excluding hydrogens is 164 g/mol. The van der Waals surface area contributed by atoms with Gasteiger partial charge in [0.1, 0.15) is 11.3 Å². The second-order valence-corrected chi connectivity index (χ2v) is 2.12. The predicted octanol–water partition coefficient (Wildman–Crippen LogP) is -0.409. The number of hydrogen-bond acceptors (Lipinski definition) is 4. The van der Waals surface area contributed by atoms with Crippen molar-refractivity contribution in [3.63, 3.8) is 0 Å². The number of carbonyl (C=O) groups excluding carboxylic acids is 2. The van der Waals surface area contributed by atoms with Gasteiger partial charge in [-0.05, 0) is 0 Å². The summed E-state index contributed by atoms with van der Waals surface area (Å²) in [7, 11) is 0. The highest BCUT2D eigenvalue weighted by molar-refractivity contribution is 6.47. The minimum Gasteiger partial charge on any atom is -0.507 e. The number of carboxylic acids is 1. The van der Waals surface area contributed by atoms with Crippen LogP contribution in [0.15, 0.2) is 23.5 Å². The molecule has 0 saturated heterocycles. The minimum atomic E-state index is -1.44. The number of aliphatic carboxylic acids is 1. The lowest BCUT2D eigenvalue weighted by atomic mass is 10.0. The molecule has 0 saturated carbocycles. The lowest BCUT2D eigenvalue weighted by Crippen LogP contribution is -2.18. The number of carbonyl (C=O) groups is 3. The fraction of sp³-hybridized carbons (Fsp3) is 0. The van der Waals surface area contributed by atoms with Gasteiger partial charge < -0.3 is 10.2 Å². The van der Waals surface area contributed by atoms with E-state index in [2.05, 4.69) is 0 Å². The van der Waals surface area contributed by atoms with Crippen LogP contribution < -0.4 is 0 Å². The maximum Gasteiger partial charge on any atom is 0.339 e. The molecule has 1 aliphatic rings. The Balaban J connectivity index is 3.13. The number of carboxylic acid groups (broad SMARTS) is 1. The van der Waals surface area contributed by atoms with Crippen LogP contribution in [0.25, 0.3) is 0 Å². The van der Waals surface area contributed by atoms with E-state index in [1.165, 1.54) is 0 Å². The van der Waals surface area contributed by atoms with Crippen molar-refractivity contribution in [1.82, 2.24) is 0 Å². The van der Waals surface area contributed by atoms with Crippen LogP contribution in [0.4, 0.5) is 0 Å². The maximum atomic E-state index is 10.6. The summed E-state index contributed by atoms with van der Waals surface area (Å²) in [5, 5.41) is 17.2. The van der Waals surface area contributed by atoms with E-state index < -0.39 is 28.9 Å². The number of aliphatic hydroxyl groups excluding tert-OH is 1. The van der Waals surface area contributed by atoms with Crippen molar-refractivity contribution in [2.45, 2.75) is 0 Å². The summed E-state index contributed by atoms with van der Waals surface area (Å²) in [6, 6.07) is 0. The topological polar surface area (TPSA) is 91.7 Å². The van der Waals surface area contributed by atoms with Crippen LogP contribution in [-0.2, 0) is 14.4 Å². The molecule has 0 aromatic heterocycles. The molecule has 0 spiro atoms. The molecule has 12 heavy (non-hydrogen) atoms. The quantitative estimate of drug-likeness (QED) is 0.410. The van der Waals surface area contributed by atoms with Gasteiger partial charge >= 0.3 is 5.97 Å². The summed E-state index contributed by atoms with van der Waals surface area (Å²) in [5.74, 6) is -3.99. The highest BCUT2D eigenvalue weighted by Crippen LogP contribution is 2.11. The zero-order valence-electron chi connectivity index (χ0n) is 5.77. The third kappa shape index (κ3) is 1.24.